The lowest BCUT2D eigenvalue weighted by Gasteiger charge is -2.40. The molecule has 0 saturated heterocycles. The molecule has 0 amide bonds. The van der Waals surface area contributed by atoms with Crippen molar-refractivity contribution in [2.75, 3.05) is 6.61 Å². The standard InChI is InChI=1S/C12H16O7/c1-5(14)9-10(6(2)15)19-8(4-13)11(17)12(9,18)7(3)16/h8,11,13,17-18H,4H2,1-3H3/t8-,11-,12-/m1/s1/i1D,2D,3D. The number of ether oxygens (including phenoxy) is 1. The third-order valence-electron chi connectivity index (χ3n) is 2.79. The van der Waals surface area contributed by atoms with Crippen LogP contribution in [0.25, 0.3) is 0 Å². The van der Waals surface area contributed by atoms with Gasteiger partial charge in [-0.15, -0.1) is 0 Å². The largest absolute Gasteiger partial charge is 0.481 e. The Balaban J connectivity index is 3.67. The molecule has 19 heavy (non-hydrogen) atoms. The first-order valence-electron chi connectivity index (χ1n) is 7.31. The van der Waals surface area contributed by atoms with Crippen LogP contribution in [0.5, 0.6) is 0 Å². The molecular weight excluding hydrogens is 256 g/mol. The van der Waals surface area contributed by atoms with Gasteiger partial charge in [-0.1, -0.05) is 0 Å². The fraction of sp³-hybridized carbons (Fsp3) is 0.583. The van der Waals surface area contributed by atoms with Crippen LogP contribution >= 0.6 is 0 Å². The highest BCUT2D eigenvalue weighted by molar-refractivity contribution is 6.10. The zero-order valence-electron chi connectivity index (χ0n) is 13.0. The molecule has 0 aromatic carbocycles. The van der Waals surface area contributed by atoms with Crippen molar-refractivity contribution in [1.82, 2.24) is 0 Å². The topological polar surface area (TPSA) is 121 Å². The minimum absolute atomic E-state index is 0.832. The molecular formula is C12H16O7. The fourth-order valence-electron chi connectivity index (χ4n) is 1.85. The Morgan fingerprint density at radius 1 is 1.32 bits per heavy atom. The quantitative estimate of drug-likeness (QED) is 0.570. The normalized spacial score (nSPS) is 32.9. The third-order valence-corrected chi connectivity index (χ3v) is 2.79. The lowest BCUT2D eigenvalue weighted by Crippen LogP contribution is -2.61. The van der Waals surface area contributed by atoms with Gasteiger partial charge in [0.1, 0.15) is 6.10 Å². The Morgan fingerprint density at radius 3 is 2.42 bits per heavy atom. The van der Waals surface area contributed by atoms with Crippen LogP contribution in [0.2, 0.25) is 0 Å². The van der Waals surface area contributed by atoms with Gasteiger partial charge in [0, 0.05) is 11.0 Å². The lowest BCUT2D eigenvalue weighted by atomic mass is 9.77. The van der Waals surface area contributed by atoms with Gasteiger partial charge in [0.2, 0.25) is 0 Å². The highest BCUT2D eigenvalue weighted by Crippen LogP contribution is 2.35. The SMILES string of the molecule is [2H]CC(=O)C1=C(C(=O)C[2H])[C@](O)(C(=O)C[2H])[C@H](O)[C@@H](CO)O1. The second-order valence-electron chi connectivity index (χ2n) is 4.02. The summed E-state index contributed by atoms with van der Waals surface area (Å²) in [6, 6.07) is 0. The molecule has 0 spiro atoms. The number of carbonyl (C=O) groups is 3. The van der Waals surface area contributed by atoms with E-state index in [1.807, 2.05) is 0 Å². The maximum Gasteiger partial charge on any atom is 0.194 e. The average Bonchev–Trinajstić information content (AvgIpc) is 2.54. The summed E-state index contributed by atoms with van der Waals surface area (Å²) in [5, 5.41) is 29.7. The van der Waals surface area contributed by atoms with E-state index >= 15 is 0 Å². The van der Waals surface area contributed by atoms with Gasteiger partial charge < -0.3 is 20.1 Å². The first kappa shape index (κ1) is 11.3. The molecule has 0 fully saturated rings. The maximum atomic E-state index is 11.9. The average molecular weight is 275 g/mol. The molecule has 3 N–H and O–H groups in total. The summed E-state index contributed by atoms with van der Waals surface area (Å²) >= 11 is 0. The Hall–Kier alpha value is -1.57. The summed E-state index contributed by atoms with van der Waals surface area (Å²) in [7, 11) is 0. The fourth-order valence-corrected chi connectivity index (χ4v) is 1.85. The Kier molecular flexibility index (Phi) is 3.08. The highest BCUT2D eigenvalue weighted by Gasteiger charge is 2.55. The van der Waals surface area contributed by atoms with Crippen LogP contribution in [-0.4, -0.2) is 57.1 Å². The molecule has 0 aliphatic carbocycles. The van der Waals surface area contributed by atoms with Crippen LogP contribution in [-0.2, 0) is 19.1 Å². The summed E-state index contributed by atoms with van der Waals surface area (Å²) in [5.74, 6) is -4.33. The second kappa shape index (κ2) is 5.20. The van der Waals surface area contributed by atoms with E-state index in [0.717, 1.165) is 0 Å². The number of aliphatic hydroxyl groups is 3. The molecule has 0 saturated carbocycles. The van der Waals surface area contributed by atoms with Crippen LogP contribution in [0.1, 0.15) is 24.8 Å². The summed E-state index contributed by atoms with van der Waals surface area (Å²) in [4.78, 5) is 35.5. The Bertz CT molecular complexity index is 519. The van der Waals surface area contributed by atoms with Gasteiger partial charge in [0.15, 0.2) is 34.8 Å². The number of Topliss-reactive ketones (excluding diaryl/α,β-unsaturated/α-hetero) is 3. The molecule has 1 aliphatic heterocycles. The van der Waals surface area contributed by atoms with Crippen molar-refractivity contribution >= 4 is 17.3 Å². The molecule has 1 heterocycles. The predicted molar refractivity (Wildman–Crippen MR) is 62.0 cm³/mol. The van der Waals surface area contributed by atoms with Crippen molar-refractivity contribution in [3.05, 3.63) is 11.3 Å². The van der Waals surface area contributed by atoms with Crippen molar-refractivity contribution in [3.63, 3.8) is 0 Å². The Morgan fingerprint density at radius 2 is 1.95 bits per heavy atom. The van der Waals surface area contributed by atoms with E-state index < -0.39 is 73.8 Å². The molecule has 0 bridgehead atoms. The molecule has 0 aromatic heterocycles. The molecule has 0 radical (unpaired) electrons. The molecule has 0 aromatic rings. The highest BCUT2D eigenvalue weighted by atomic mass is 16.5. The maximum absolute atomic E-state index is 11.9. The van der Waals surface area contributed by atoms with Crippen LogP contribution in [0.4, 0.5) is 0 Å². The molecule has 106 valence electrons. The van der Waals surface area contributed by atoms with Crippen LogP contribution in [0.3, 0.4) is 0 Å². The van der Waals surface area contributed by atoms with E-state index in [1.165, 1.54) is 0 Å². The predicted octanol–water partition coefficient (Wildman–Crippen LogP) is -1.51. The summed E-state index contributed by atoms with van der Waals surface area (Å²) in [6.45, 7) is -3.71. The van der Waals surface area contributed by atoms with Gasteiger partial charge in [-0.2, -0.15) is 0 Å². The molecule has 3 atom stereocenters. The summed E-state index contributed by atoms with van der Waals surface area (Å²) in [5.41, 5.74) is -3.87. The van der Waals surface area contributed by atoms with E-state index in [9.17, 15) is 24.6 Å². The van der Waals surface area contributed by atoms with Gasteiger partial charge in [0.25, 0.3) is 0 Å². The van der Waals surface area contributed by atoms with E-state index in [-0.39, 0.29) is 0 Å². The number of hydrogen-bond acceptors (Lipinski definition) is 7. The number of aliphatic hydroxyl groups excluding tert-OH is 2. The number of allylic oxidation sites excluding steroid dienone is 1. The van der Waals surface area contributed by atoms with Crippen LogP contribution in [0.15, 0.2) is 11.3 Å². The monoisotopic (exact) mass is 275 g/mol. The number of rotatable bonds is 4. The van der Waals surface area contributed by atoms with Crippen LogP contribution in [0, 0.1) is 0 Å². The van der Waals surface area contributed by atoms with E-state index in [2.05, 4.69) is 0 Å². The van der Waals surface area contributed by atoms with Crippen LogP contribution < -0.4 is 0 Å². The smallest absolute Gasteiger partial charge is 0.194 e. The summed E-state index contributed by atoms with van der Waals surface area (Å²) in [6.07, 6.45) is -3.68. The van der Waals surface area contributed by atoms with Gasteiger partial charge >= 0.3 is 0 Å². The molecule has 1 aliphatic rings. The molecule has 0 unspecified atom stereocenters. The van der Waals surface area contributed by atoms with E-state index in [4.69, 9.17) is 14.0 Å². The third kappa shape index (κ3) is 2.32. The molecule has 7 nitrogen and oxygen atoms in total. The van der Waals surface area contributed by atoms with Gasteiger partial charge in [-0.3, -0.25) is 14.4 Å². The number of carbonyl (C=O) groups excluding carboxylic acids is 3. The first-order chi connectivity index (χ1) is 10.3. The first-order valence-corrected chi connectivity index (χ1v) is 5.19. The van der Waals surface area contributed by atoms with E-state index in [1.54, 1.807) is 0 Å². The lowest BCUT2D eigenvalue weighted by molar-refractivity contribution is -0.169. The zero-order chi connectivity index (χ0) is 17.1. The van der Waals surface area contributed by atoms with E-state index in [0.29, 0.717) is 0 Å². The van der Waals surface area contributed by atoms with Crippen molar-refractivity contribution in [3.8, 4) is 0 Å². The summed E-state index contributed by atoms with van der Waals surface area (Å²) < 4.78 is 26.1. The van der Waals surface area contributed by atoms with Crippen molar-refractivity contribution in [2.24, 2.45) is 0 Å². The van der Waals surface area contributed by atoms with Gasteiger partial charge in [-0.25, -0.2) is 0 Å². The van der Waals surface area contributed by atoms with Gasteiger partial charge in [0.05, 0.1) is 12.2 Å². The number of ketones is 3. The van der Waals surface area contributed by atoms with Gasteiger partial charge in [-0.05, 0) is 13.8 Å². The number of hydrogen-bond donors (Lipinski definition) is 3. The van der Waals surface area contributed by atoms with Crippen molar-refractivity contribution in [2.45, 2.75) is 38.5 Å². The van der Waals surface area contributed by atoms with Crippen molar-refractivity contribution < 1.29 is 38.6 Å². The minimum Gasteiger partial charge on any atom is -0.481 e. The zero-order valence-corrected chi connectivity index (χ0v) is 9.96. The second-order valence-corrected chi connectivity index (χ2v) is 4.02. The van der Waals surface area contributed by atoms with Crippen molar-refractivity contribution in [1.29, 1.82) is 0 Å². The minimum atomic E-state index is -2.94. The molecule has 1 rings (SSSR count). The Labute approximate surface area is 113 Å². The molecule has 7 heteroatoms.